The van der Waals surface area contributed by atoms with E-state index in [0.717, 1.165) is 57.4 Å². The minimum absolute atomic E-state index is 0.140. The number of pyridine rings is 1. The fourth-order valence-electron chi connectivity index (χ4n) is 3.53. The maximum absolute atomic E-state index is 12.2. The molecule has 1 aliphatic heterocycles. The Balaban J connectivity index is 1.41. The highest BCUT2D eigenvalue weighted by Gasteiger charge is 2.29. The minimum Gasteiger partial charge on any atom is -0.353 e. The van der Waals surface area contributed by atoms with Crippen molar-refractivity contribution >= 4 is 5.91 Å². The van der Waals surface area contributed by atoms with Gasteiger partial charge in [0.15, 0.2) is 0 Å². The second-order valence-corrected chi connectivity index (χ2v) is 6.65. The summed E-state index contributed by atoms with van der Waals surface area (Å²) in [5.74, 6) is 0.359. The summed E-state index contributed by atoms with van der Waals surface area (Å²) >= 11 is 0. The average molecular weight is 302 g/mol. The molecule has 3 rings (SSSR count). The molecule has 2 fully saturated rings. The van der Waals surface area contributed by atoms with Crippen molar-refractivity contribution in [3.8, 4) is 0 Å². The lowest BCUT2D eigenvalue weighted by Crippen LogP contribution is -2.46. The fraction of sp³-hybridized carbons (Fsp3) is 0.647. The SMILES string of the molecule is NC1CCC(C(=O)NC2CCN(Cc3ccccn3)CC2)C1. The van der Waals surface area contributed by atoms with E-state index in [9.17, 15) is 4.79 Å². The van der Waals surface area contributed by atoms with E-state index in [2.05, 4.69) is 21.3 Å². The van der Waals surface area contributed by atoms with Crippen LogP contribution in [0.4, 0.5) is 0 Å². The highest BCUT2D eigenvalue weighted by Crippen LogP contribution is 2.24. The van der Waals surface area contributed by atoms with Crippen LogP contribution in [0.25, 0.3) is 0 Å². The lowest BCUT2D eigenvalue weighted by atomic mass is 10.0. The molecule has 1 aliphatic carbocycles. The molecule has 2 heterocycles. The lowest BCUT2D eigenvalue weighted by Gasteiger charge is -2.32. The Morgan fingerprint density at radius 1 is 1.27 bits per heavy atom. The van der Waals surface area contributed by atoms with Gasteiger partial charge < -0.3 is 11.1 Å². The molecule has 2 aliphatic rings. The quantitative estimate of drug-likeness (QED) is 0.879. The van der Waals surface area contributed by atoms with Crippen LogP contribution in [-0.2, 0) is 11.3 Å². The summed E-state index contributed by atoms with van der Waals surface area (Å²) in [5.41, 5.74) is 7.01. The molecule has 22 heavy (non-hydrogen) atoms. The monoisotopic (exact) mass is 302 g/mol. The van der Waals surface area contributed by atoms with Gasteiger partial charge in [0, 0.05) is 43.8 Å². The van der Waals surface area contributed by atoms with Crippen LogP contribution in [0.5, 0.6) is 0 Å². The summed E-state index contributed by atoms with van der Waals surface area (Å²) in [7, 11) is 0. The number of nitrogens with two attached hydrogens (primary N) is 1. The number of nitrogens with one attached hydrogen (secondary N) is 1. The molecular formula is C17H26N4O. The number of rotatable bonds is 4. The molecule has 120 valence electrons. The topological polar surface area (TPSA) is 71.2 Å². The van der Waals surface area contributed by atoms with Crippen molar-refractivity contribution in [3.05, 3.63) is 30.1 Å². The number of nitrogens with zero attached hydrogens (tertiary/aromatic N) is 2. The maximum Gasteiger partial charge on any atom is 0.223 e. The number of carbonyl (C=O) groups is 1. The molecular weight excluding hydrogens is 276 g/mol. The summed E-state index contributed by atoms with van der Waals surface area (Å²) in [6.07, 6.45) is 6.68. The molecule has 3 N–H and O–H groups in total. The van der Waals surface area contributed by atoms with Crippen molar-refractivity contribution < 1.29 is 4.79 Å². The van der Waals surface area contributed by atoms with Crippen LogP contribution in [0.2, 0.25) is 0 Å². The maximum atomic E-state index is 12.2. The van der Waals surface area contributed by atoms with Crippen molar-refractivity contribution in [1.82, 2.24) is 15.2 Å². The molecule has 1 amide bonds. The number of hydrogen-bond acceptors (Lipinski definition) is 4. The number of piperidine rings is 1. The van der Waals surface area contributed by atoms with E-state index in [1.807, 2.05) is 18.3 Å². The number of hydrogen-bond donors (Lipinski definition) is 2. The summed E-state index contributed by atoms with van der Waals surface area (Å²) in [6.45, 7) is 2.94. The van der Waals surface area contributed by atoms with Gasteiger partial charge in [0.2, 0.25) is 5.91 Å². The highest BCUT2D eigenvalue weighted by molar-refractivity contribution is 5.79. The molecule has 1 aromatic heterocycles. The molecule has 1 saturated carbocycles. The first-order chi connectivity index (χ1) is 10.7. The van der Waals surface area contributed by atoms with E-state index >= 15 is 0 Å². The molecule has 2 unspecified atom stereocenters. The van der Waals surface area contributed by atoms with Gasteiger partial charge in [-0.05, 0) is 44.2 Å². The van der Waals surface area contributed by atoms with Crippen molar-refractivity contribution in [1.29, 1.82) is 0 Å². The first-order valence-corrected chi connectivity index (χ1v) is 8.39. The Morgan fingerprint density at radius 3 is 2.73 bits per heavy atom. The van der Waals surface area contributed by atoms with Crippen molar-refractivity contribution in [2.75, 3.05) is 13.1 Å². The molecule has 2 atom stereocenters. The van der Waals surface area contributed by atoms with E-state index in [0.29, 0.717) is 6.04 Å². The Hall–Kier alpha value is -1.46. The summed E-state index contributed by atoms with van der Waals surface area (Å²) in [6, 6.07) is 6.58. The van der Waals surface area contributed by atoms with Gasteiger partial charge in [0.25, 0.3) is 0 Å². The third kappa shape index (κ3) is 4.05. The van der Waals surface area contributed by atoms with Gasteiger partial charge in [-0.3, -0.25) is 14.7 Å². The average Bonchev–Trinajstić information content (AvgIpc) is 2.97. The zero-order valence-corrected chi connectivity index (χ0v) is 13.1. The molecule has 1 aromatic rings. The Bertz CT molecular complexity index is 485. The lowest BCUT2D eigenvalue weighted by molar-refractivity contribution is -0.125. The Morgan fingerprint density at radius 2 is 2.09 bits per heavy atom. The van der Waals surface area contributed by atoms with Crippen LogP contribution in [0.3, 0.4) is 0 Å². The predicted octanol–water partition coefficient (Wildman–Crippen LogP) is 1.29. The van der Waals surface area contributed by atoms with Crippen LogP contribution >= 0.6 is 0 Å². The molecule has 0 aromatic carbocycles. The van der Waals surface area contributed by atoms with Crippen LogP contribution in [0.1, 0.15) is 37.8 Å². The minimum atomic E-state index is 0.140. The Labute approximate surface area is 132 Å². The first-order valence-electron chi connectivity index (χ1n) is 8.39. The van der Waals surface area contributed by atoms with Gasteiger partial charge in [0.1, 0.15) is 0 Å². The molecule has 5 heteroatoms. The van der Waals surface area contributed by atoms with E-state index < -0.39 is 0 Å². The number of carbonyl (C=O) groups excluding carboxylic acids is 1. The molecule has 0 radical (unpaired) electrons. The van der Waals surface area contributed by atoms with Gasteiger partial charge in [-0.15, -0.1) is 0 Å². The third-order valence-corrected chi connectivity index (χ3v) is 4.89. The molecule has 5 nitrogen and oxygen atoms in total. The van der Waals surface area contributed by atoms with Gasteiger partial charge >= 0.3 is 0 Å². The van der Waals surface area contributed by atoms with Gasteiger partial charge in [-0.1, -0.05) is 6.07 Å². The summed E-state index contributed by atoms with van der Waals surface area (Å²) < 4.78 is 0. The zero-order chi connectivity index (χ0) is 15.4. The van der Waals surface area contributed by atoms with E-state index in [-0.39, 0.29) is 17.9 Å². The molecule has 0 spiro atoms. The standard InChI is InChI=1S/C17H26N4O/c18-14-5-4-13(11-14)17(22)20-15-6-9-21(10-7-15)12-16-3-1-2-8-19-16/h1-3,8,13-15H,4-7,9-12,18H2,(H,20,22). The van der Waals surface area contributed by atoms with Crippen molar-refractivity contribution in [3.63, 3.8) is 0 Å². The smallest absolute Gasteiger partial charge is 0.223 e. The summed E-state index contributed by atoms with van der Waals surface area (Å²) in [4.78, 5) is 19.0. The van der Waals surface area contributed by atoms with Gasteiger partial charge in [0.05, 0.1) is 5.69 Å². The normalized spacial score (nSPS) is 27.0. The van der Waals surface area contributed by atoms with Crippen molar-refractivity contribution in [2.45, 2.75) is 50.7 Å². The van der Waals surface area contributed by atoms with Crippen molar-refractivity contribution in [2.24, 2.45) is 11.7 Å². The third-order valence-electron chi connectivity index (χ3n) is 4.89. The van der Waals surface area contributed by atoms with Crippen LogP contribution in [0, 0.1) is 5.92 Å². The molecule has 0 bridgehead atoms. The van der Waals surface area contributed by atoms with Gasteiger partial charge in [-0.2, -0.15) is 0 Å². The van der Waals surface area contributed by atoms with E-state index in [1.54, 1.807) is 0 Å². The number of likely N-dealkylation sites (tertiary alicyclic amines) is 1. The van der Waals surface area contributed by atoms with Crippen LogP contribution in [-0.4, -0.2) is 41.0 Å². The fourth-order valence-corrected chi connectivity index (χ4v) is 3.53. The van der Waals surface area contributed by atoms with Gasteiger partial charge in [-0.25, -0.2) is 0 Å². The number of amides is 1. The van der Waals surface area contributed by atoms with Crippen LogP contribution in [0.15, 0.2) is 24.4 Å². The highest BCUT2D eigenvalue weighted by atomic mass is 16.1. The zero-order valence-electron chi connectivity index (χ0n) is 13.1. The molecule has 1 saturated heterocycles. The second kappa shape index (κ2) is 7.20. The first kappa shape index (κ1) is 15.4. The largest absolute Gasteiger partial charge is 0.353 e. The van der Waals surface area contributed by atoms with Crippen LogP contribution < -0.4 is 11.1 Å². The summed E-state index contributed by atoms with van der Waals surface area (Å²) in [5, 5.41) is 3.23. The predicted molar refractivity (Wildman–Crippen MR) is 86.0 cm³/mol. The van der Waals surface area contributed by atoms with E-state index in [4.69, 9.17) is 5.73 Å². The Kier molecular flexibility index (Phi) is 5.05. The number of aromatic nitrogens is 1. The van der Waals surface area contributed by atoms with E-state index in [1.165, 1.54) is 0 Å². The second-order valence-electron chi connectivity index (χ2n) is 6.65.